The third-order valence-corrected chi connectivity index (χ3v) is 10.5. The number of hydrogen-bond acceptors (Lipinski definition) is 9. The lowest BCUT2D eigenvalue weighted by Gasteiger charge is -2.29. The number of rotatable bonds is 10. The molecule has 13 heteroatoms. The molecule has 2 fully saturated rings. The molecule has 2 N–H and O–H groups in total. The highest BCUT2D eigenvalue weighted by Crippen LogP contribution is 2.39. The molecule has 1 atom stereocenters. The summed E-state index contributed by atoms with van der Waals surface area (Å²) in [6.45, 7) is 4.67. The molecule has 2 heterocycles. The fourth-order valence-corrected chi connectivity index (χ4v) is 7.21. The maximum Gasteiger partial charge on any atom is 0.439 e. The number of carbonyl (C=O) groups is 1. The van der Waals surface area contributed by atoms with Crippen molar-refractivity contribution in [2.24, 2.45) is 5.92 Å². The zero-order chi connectivity index (χ0) is 28.9. The van der Waals surface area contributed by atoms with E-state index in [9.17, 15) is 18.0 Å². The molecule has 2 aromatic carbocycles. The van der Waals surface area contributed by atoms with E-state index >= 15 is 0 Å². The number of amides is 1. The Bertz CT molecular complexity index is 1770. The molecule has 6 rings (SSSR count). The van der Waals surface area contributed by atoms with Crippen LogP contribution in [0.1, 0.15) is 59.6 Å². The van der Waals surface area contributed by atoms with Crippen LogP contribution in [0, 0.1) is 12.8 Å². The molecule has 2 aliphatic carbocycles. The predicted molar refractivity (Wildman–Crippen MR) is 158 cm³/mol. The smallest absolute Gasteiger partial charge is 0.341 e. The van der Waals surface area contributed by atoms with Gasteiger partial charge in [0.2, 0.25) is 10.0 Å². The highest BCUT2D eigenvalue weighted by atomic mass is 35.5. The van der Waals surface area contributed by atoms with E-state index in [2.05, 4.69) is 31.7 Å². The number of nitrogens with one attached hydrogen (secondary N) is 2. The average molecular weight is 614 g/mol. The normalized spacial score (nSPS) is 16.0. The van der Waals surface area contributed by atoms with Crippen LogP contribution >= 0.6 is 22.9 Å². The molecule has 0 unspecified atom stereocenters. The maximum absolute atomic E-state index is 12.8. The van der Waals surface area contributed by atoms with Gasteiger partial charge in [0, 0.05) is 22.0 Å². The maximum atomic E-state index is 12.8. The Hall–Kier alpha value is -3.48. The van der Waals surface area contributed by atoms with E-state index in [0.717, 1.165) is 36.1 Å². The van der Waals surface area contributed by atoms with Crippen molar-refractivity contribution in [3.8, 4) is 22.5 Å². The molecule has 0 aliphatic heterocycles. The van der Waals surface area contributed by atoms with E-state index in [-0.39, 0.29) is 11.7 Å². The van der Waals surface area contributed by atoms with Crippen LogP contribution in [0.25, 0.3) is 22.5 Å². The van der Waals surface area contributed by atoms with Crippen LogP contribution in [0.2, 0.25) is 5.02 Å². The Labute approximate surface area is 245 Å². The van der Waals surface area contributed by atoms with Gasteiger partial charge in [-0.05, 0) is 80.3 Å². The van der Waals surface area contributed by atoms with Crippen LogP contribution in [0.3, 0.4) is 0 Å². The molecule has 41 heavy (non-hydrogen) atoms. The Morgan fingerprint density at radius 3 is 2.54 bits per heavy atom. The second kappa shape index (κ2) is 10.7. The summed E-state index contributed by atoms with van der Waals surface area (Å²) in [5.41, 5.74) is 3.56. The number of H-pyrrole nitrogens is 1. The van der Waals surface area contributed by atoms with Gasteiger partial charge in [0.15, 0.2) is 11.0 Å². The van der Waals surface area contributed by atoms with Crippen molar-refractivity contribution in [3.63, 3.8) is 0 Å². The Morgan fingerprint density at radius 1 is 1.17 bits per heavy atom. The number of nitrogens with zero attached hydrogens (tertiary/aromatic N) is 3. The minimum Gasteiger partial charge on any atom is -0.341 e. The lowest BCUT2D eigenvalue weighted by atomic mass is 9.96. The number of aromatic amines is 1. The fourth-order valence-electron chi connectivity index (χ4n) is 4.76. The van der Waals surface area contributed by atoms with Gasteiger partial charge < -0.3 is 4.90 Å². The number of anilines is 1. The molecule has 0 saturated heterocycles. The van der Waals surface area contributed by atoms with E-state index in [1.54, 1.807) is 19.1 Å². The van der Waals surface area contributed by atoms with Gasteiger partial charge in [-0.1, -0.05) is 41.0 Å². The first-order chi connectivity index (χ1) is 19.6. The quantitative estimate of drug-likeness (QED) is 0.245. The molecule has 4 aromatic rings. The van der Waals surface area contributed by atoms with Crippen molar-refractivity contribution in [2.75, 3.05) is 11.4 Å². The molecular weight excluding hydrogens is 586 g/mol. The molecular formula is C28H28ClN5O5S2. The number of carbonyl (C=O) groups excluding carboxylic acids is 1. The summed E-state index contributed by atoms with van der Waals surface area (Å²) in [6, 6.07) is 13.3. The third-order valence-electron chi connectivity index (χ3n) is 7.44. The van der Waals surface area contributed by atoms with Gasteiger partial charge in [0.05, 0.1) is 11.3 Å². The highest BCUT2D eigenvalue weighted by molar-refractivity contribution is 7.91. The van der Waals surface area contributed by atoms with Crippen LogP contribution < -0.4 is 15.4 Å². The highest BCUT2D eigenvalue weighted by Gasteiger charge is 2.38. The molecule has 2 aromatic heterocycles. The molecule has 1 amide bonds. The largest absolute Gasteiger partial charge is 0.439 e. The van der Waals surface area contributed by atoms with Crippen LogP contribution in [0.15, 0.2) is 51.8 Å². The SMILES string of the molecule is Cc1sc(N(CC2CC2)[C@H](C)c2ccc(-c3cc(Cl)ccc3-c3noc(=O)[nH]3)cc2)nc1C(=O)NS(=O)(=O)C1CC1. The molecule has 0 radical (unpaired) electrons. The summed E-state index contributed by atoms with van der Waals surface area (Å²) in [5, 5.41) is 4.58. The molecule has 2 saturated carbocycles. The van der Waals surface area contributed by atoms with Crippen LogP contribution in [0.4, 0.5) is 5.13 Å². The van der Waals surface area contributed by atoms with Crippen LogP contribution in [-0.2, 0) is 10.0 Å². The van der Waals surface area contributed by atoms with Gasteiger partial charge in [-0.15, -0.1) is 11.3 Å². The summed E-state index contributed by atoms with van der Waals surface area (Å²) in [5.74, 6) is -0.444. The van der Waals surface area contributed by atoms with Gasteiger partial charge in [-0.2, -0.15) is 0 Å². The van der Waals surface area contributed by atoms with Gasteiger partial charge in [0.1, 0.15) is 5.69 Å². The van der Waals surface area contributed by atoms with E-state index in [1.165, 1.54) is 11.3 Å². The number of sulfonamides is 1. The first-order valence-corrected chi connectivity index (χ1v) is 16.1. The minimum atomic E-state index is -3.66. The van der Waals surface area contributed by atoms with Crippen molar-refractivity contribution in [3.05, 3.63) is 74.2 Å². The molecule has 214 valence electrons. The van der Waals surface area contributed by atoms with Crippen LogP contribution in [0.5, 0.6) is 0 Å². The summed E-state index contributed by atoms with van der Waals surface area (Å²) >= 11 is 7.70. The van der Waals surface area contributed by atoms with E-state index in [0.29, 0.717) is 45.2 Å². The molecule has 0 spiro atoms. The summed E-state index contributed by atoms with van der Waals surface area (Å²) in [7, 11) is -3.66. The second-order valence-electron chi connectivity index (χ2n) is 10.6. The Balaban J connectivity index is 1.27. The lowest BCUT2D eigenvalue weighted by molar-refractivity contribution is 0.0976. The van der Waals surface area contributed by atoms with Gasteiger partial charge >= 0.3 is 5.76 Å². The monoisotopic (exact) mass is 613 g/mol. The van der Waals surface area contributed by atoms with E-state index < -0.39 is 26.9 Å². The zero-order valence-corrected chi connectivity index (χ0v) is 24.8. The van der Waals surface area contributed by atoms with Gasteiger partial charge in [-0.3, -0.25) is 14.3 Å². The first-order valence-electron chi connectivity index (χ1n) is 13.4. The lowest BCUT2D eigenvalue weighted by Crippen LogP contribution is -2.34. The van der Waals surface area contributed by atoms with Crippen molar-refractivity contribution in [1.29, 1.82) is 0 Å². The van der Waals surface area contributed by atoms with Crippen molar-refractivity contribution in [1.82, 2.24) is 19.8 Å². The number of hydrogen-bond donors (Lipinski definition) is 2. The number of aromatic nitrogens is 3. The van der Waals surface area contributed by atoms with E-state index in [4.69, 9.17) is 16.1 Å². The number of benzene rings is 2. The standard InChI is InChI=1S/C28H28ClN5O5S2/c1-15(18-5-7-19(8-6-18)23-13-20(29)9-12-22(23)25-31-28(36)39-32-25)34(14-17-3-4-17)27-30-24(16(2)40-27)26(35)33-41(37,38)21-10-11-21/h5-9,12-13,15,17,21H,3-4,10-11,14H2,1-2H3,(H,33,35)(H,31,32,36)/t15-/m1/s1. The molecule has 10 nitrogen and oxygen atoms in total. The third kappa shape index (κ3) is 5.95. The van der Waals surface area contributed by atoms with Crippen molar-refractivity contribution in [2.45, 2.75) is 50.8 Å². The first kappa shape index (κ1) is 27.7. The topological polar surface area (TPSA) is 138 Å². The zero-order valence-electron chi connectivity index (χ0n) is 22.4. The molecule has 0 bridgehead atoms. The van der Waals surface area contributed by atoms with E-state index in [1.807, 2.05) is 30.3 Å². The summed E-state index contributed by atoms with van der Waals surface area (Å²) in [6.07, 6.45) is 3.43. The Kier molecular flexibility index (Phi) is 7.25. The summed E-state index contributed by atoms with van der Waals surface area (Å²) < 4.78 is 31.6. The molecule has 2 aliphatic rings. The Morgan fingerprint density at radius 2 is 1.90 bits per heavy atom. The fraction of sp³-hybridized carbons (Fsp3) is 0.357. The minimum absolute atomic E-state index is 0.0629. The predicted octanol–water partition coefficient (Wildman–Crippen LogP) is 5.31. The van der Waals surface area contributed by atoms with Crippen molar-refractivity contribution >= 4 is 44.0 Å². The second-order valence-corrected chi connectivity index (χ2v) is 14.2. The van der Waals surface area contributed by atoms with Crippen molar-refractivity contribution < 1.29 is 17.7 Å². The van der Waals surface area contributed by atoms with Gasteiger partial charge in [-0.25, -0.2) is 22.9 Å². The average Bonchev–Trinajstić information content (AvgIpc) is 3.87. The van der Waals surface area contributed by atoms with Crippen LogP contribution in [-0.4, -0.2) is 41.2 Å². The summed E-state index contributed by atoms with van der Waals surface area (Å²) in [4.78, 5) is 34.5. The van der Waals surface area contributed by atoms with Gasteiger partial charge in [0.25, 0.3) is 5.91 Å². The number of aryl methyl sites for hydroxylation is 1. The number of thiazole rings is 1. The number of halogens is 1.